The Hall–Kier alpha value is -8.99. The van der Waals surface area contributed by atoms with Gasteiger partial charge in [-0.25, -0.2) is 9.97 Å². The Balaban J connectivity index is 1.65. The number of carbonyl (C=O) groups is 10. The number of guanidine groups is 1. The van der Waals surface area contributed by atoms with E-state index in [0.717, 1.165) is 6.92 Å². The van der Waals surface area contributed by atoms with Gasteiger partial charge in [-0.3, -0.25) is 63.1 Å². The van der Waals surface area contributed by atoms with Crippen LogP contribution in [0.15, 0.2) is 35.3 Å². The molecule has 18 N–H and O–H groups in total. The number of hydrogen-bond acceptors (Lipinski definition) is 17. The van der Waals surface area contributed by atoms with Crippen LogP contribution in [0.3, 0.4) is 0 Å². The largest absolute Gasteiger partial charge is 0.481 e. The Bertz CT molecular complexity index is 2520. The highest BCUT2D eigenvalue weighted by Gasteiger charge is 2.34. The number of carboxylic acid groups (broad SMARTS) is 4. The number of nitrogens with one attached hydrogen (secondary N) is 10. The smallest absolute Gasteiger partial charge is 0.325 e. The number of benzene rings is 1. The van der Waals surface area contributed by atoms with Gasteiger partial charge in [-0.05, 0) is 57.4 Å². The highest BCUT2D eigenvalue weighted by molar-refractivity contribution is 5.99. The number of nitrogens with two attached hydrogens (primary N) is 2. The molecule has 1 aromatic carbocycles. The molecule has 0 unspecified atom stereocenters. The van der Waals surface area contributed by atoms with E-state index in [9.17, 15) is 68.1 Å². The average molecular weight is 984 g/mol. The van der Waals surface area contributed by atoms with E-state index in [4.69, 9.17) is 22.0 Å². The number of hydrogen-bond donors (Lipinski definition) is 16. The topological polar surface area (TPSA) is 495 Å². The first-order valence-corrected chi connectivity index (χ1v) is 21.0. The number of carboxylic acids is 4. The lowest BCUT2D eigenvalue weighted by Crippen LogP contribution is -2.59. The molecular weight excluding hydrogens is 931 g/mol. The summed E-state index contributed by atoms with van der Waals surface area (Å²) in [5, 5.41) is 63.7. The van der Waals surface area contributed by atoms with Gasteiger partial charge in [-0.15, -0.1) is 0 Å². The molecule has 0 aliphatic rings. The Morgan fingerprint density at radius 1 is 0.714 bits per heavy atom. The number of nitrogen functional groups attached to an aromatic ring is 1. The van der Waals surface area contributed by atoms with Crippen molar-refractivity contribution in [1.82, 2.24) is 57.2 Å². The molecule has 0 fully saturated rings. The van der Waals surface area contributed by atoms with E-state index in [0.29, 0.717) is 11.4 Å². The second kappa shape index (κ2) is 26.4. The van der Waals surface area contributed by atoms with Crippen LogP contribution < -0.4 is 59.6 Å². The molecule has 378 valence electrons. The third-order valence-corrected chi connectivity index (χ3v) is 9.69. The van der Waals surface area contributed by atoms with Crippen molar-refractivity contribution in [2.45, 2.75) is 102 Å². The minimum absolute atomic E-state index is 0.00510. The number of fused-ring (bicyclic) bond motifs is 1. The maximum Gasteiger partial charge on any atom is 0.325 e. The number of aliphatic carboxylic acids is 4. The summed E-state index contributed by atoms with van der Waals surface area (Å²) < 4.78 is 0. The number of aromatic amines is 1. The van der Waals surface area contributed by atoms with Gasteiger partial charge in [0.2, 0.25) is 35.5 Å². The average Bonchev–Trinajstić information content (AvgIpc) is 3.27. The van der Waals surface area contributed by atoms with Gasteiger partial charge < -0.3 is 74.4 Å². The fourth-order valence-electron chi connectivity index (χ4n) is 6.12. The first-order valence-electron chi connectivity index (χ1n) is 21.0. The predicted octanol–water partition coefficient (Wildman–Crippen LogP) is -3.98. The van der Waals surface area contributed by atoms with Crippen molar-refractivity contribution in [3.05, 3.63) is 52.1 Å². The Morgan fingerprint density at radius 2 is 1.24 bits per heavy atom. The Labute approximate surface area is 395 Å². The minimum Gasteiger partial charge on any atom is -0.481 e. The molecule has 0 aliphatic heterocycles. The molecule has 6 atom stereocenters. The molecule has 0 saturated carbocycles. The van der Waals surface area contributed by atoms with Crippen LogP contribution in [0.5, 0.6) is 0 Å². The van der Waals surface area contributed by atoms with Crippen LogP contribution >= 0.6 is 0 Å². The third kappa shape index (κ3) is 18.7. The van der Waals surface area contributed by atoms with E-state index in [1.807, 2.05) is 10.6 Å². The summed E-state index contributed by atoms with van der Waals surface area (Å²) in [7, 11) is 0. The van der Waals surface area contributed by atoms with Crippen molar-refractivity contribution in [3.8, 4) is 0 Å². The molecule has 6 amide bonds. The fourth-order valence-corrected chi connectivity index (χ4v) is 6.12. The molecular formula is C40H53N15O15. The molecule has 0 saturated heterocycles. The highest BCUT2D eigenvalue weighted by Crippen LogP contribution is 2.13. The predicted molar refractivity (Wildman–Crippen MR) is 241 cm³/mol. The Kier molecular flexibility index (Phi) is 20.9. The second-order valence-electron chi connectivity index (χ2n) is 15.5. The zero-order chi connectivity index (χ0) is 52.2. The van der Waals surface area contributed by atoms with Gasteiger partial charge in [0, 0.05) is 30.3 Å². The number of nitrogens with zero attached hydrogens (tertiary/aromatic N) is 3. The number of anilines is 2. The maximum absolute atomic E-state index is 13.6. The first-order chi connectivity index (χ1) is 32.9. The highest BCUT2D eigenvalue weighted by atomic mass is 16.4. The molecule has 3 rings (SSSR count). The fraction of sp³-hybridized carbons (Fsp3) is 0.425. The van der Waals surface area contributed by atoms with E-state index in [1.165, 1.54) is 18.3 Å². The monoisotopic (exact) mass is 983 g/mol. The van der Waals surface area contributed by atoms with Gasteiger partial charge in [-0.2, -0.15) is 4.98 Å². The summed E-state index contributed by atoms with van der Waals surface area (Å²) in [5.74, 6) is -13.3. The quantitative estimate of drug-likeness (QED) is 0.0187. The van der Waals surface area contributed by atoms with Crippen LogP contribution in [0.1, 0.15) is 74.8 Å². The van der Waals surface area contributed by atoms with Gasteiger partial charge in [-0.1, -0.05) is 0 Å². The normalized spacial score (nSPS) is 13.3. The molecule has 0 bridgehead atoms. The van der Waals surface area contributed by atoms with E-state index in [1.54, 1.807) is 19.1 Å². The molecule has 0 spiro atoms. The van der Waals surface area contributed by atoms with Crippen LogP contribution in [0, 0.1) is 5.41 Å². The molecule has 2 heterocycles. The lowest BCUT2D eigenvalue weighted by molar-refractivity contribution is -0.145. The minimum atomic E-state index is -2.04. The van der Waals surface area contributed by atoms with Crippen molar-refractivity contribution < 1.29 is 68.4 Å². The number of aromatic nitrogens is 4. The summed E-state index contributed by atoms with van der Waals surface area (Å²) in [6.45, 7) is 2.75. The number of amides is 6. The van der Waals surface area contributed by atoms with Gasteiger partial charge in [0.05, 0.1) is 37.7 Å². The Morgan fingerprint density at radius 3 is 1.79 bits per heavy atom. The third-order valence-electron chi connectivity index (χ3n) is 9.69. The molecule has 70 heavy (non-hydrogen) atoms. The van der Waals surface area contributed by atoms with E-state index in [2.05, 4.69) is 51.8 Å². The second-order valence-corrected chi connectivity index (χ2v) is 15.5. The van der Waals surface area contributed by atoms with Crippen LogP contribution in [0.25, 0.3) is 11.2 Å². The van der Waals surface area contributed by atoms with Crippen molar-refractivity contribution >= 4 is 88.1 Å². The van der Waals surface area contributed by atoms with E-state index >= 15 is 0 Å². The molecule has 3 aromatic rings. The van der Waals surface area contributed by atoms with Crippen LogP contribution in [0.4, 0.5) is 11.6 Å². The first kappa shape index (κ1) is 55.3. The summed E-state index contributed by atoms with van der Waals surface area (Å²) in [6.07, 6.45) is -2.49. The number of carbonyl (C=O) groups excluding carboxylic acids is 6. The summed E-state index contributed by atoms with van der Waals surface area (Å²) in [6, 6.07) is -3.36. The molecule has 30 nitrogen and oxygen atoms in total. The van der Waals surface area contributed by atoms with Crippen LogP contribution in [-0.4, -0.2) is 148 Å². The standard InChI is InChI=1S/C40H53N15O15/c1-17(47-32(63)19-6-8-20(9-7-19)45-15-21-16-46-31-30(49-21)37(68)55-40(43)54-31)5-10-26(56)50-23(12-27(57)58)35(66)51-22(4-3-11-44-39(41)42)33(64)52-25(14-29(61)62)36(67)53-24(13-28(59)60)34(65)48-18(2)38(69)70/h6-9,16-18,22-25,45H,3-5,10-15H2,1-2H3,(H,47,63)(H,48,65)(H,50,56)(H,51,66)(H,52,64)(H,53,67)(H,57,58)(H,59,60)(H,61,62)(H,69,70)(H4,41,42,44)(H3,43,46,54,55,68)/t17-,18+,22+,23+,24+,25+/m1/s1. The molecule has 0 aliphatic carbocycles. The van der Waals surface area contributed by atoms with Crippen molar-refractivity contribution in [1.29, 1.82) is 5.41 Å². The van der Waals surface area contributed by atoms with Crippen molar-refractivity contribution in [2.75, 3.05) is 17.6 Å². The molecule has 2 aromatic heterocycles. The number of H-pyrrole nitrogens is 1. The summed E-state index contributed by atoms with van der Waals surface area (Å²) >= 11 is 0. The van der Waals surface area contributed by atoms with Crippen LogP contribution in [-0.2, 0) is 49.7 Å². The van der Waals surface area contributed by atoms with Crippen molar-refractivity contribution in [3.63, 3.8) is 0 Å². The zero-order valence-electron chi connectivity index (χ0n) is 37.5. The van der Waals surface area contributed by atoms with E-state index < -0.39 is 126 Å². The maximum atomic E-state index is 13.6. The number of rotatable bonds is 28. The zero-order valence-corrected chi connectivity index (χ0v) is 37.5. The lowest BCUT2D eigenvalue weighted by atomic mass is 10.1. The lowest BCUT2D eigenvalue weighted by Gasteiger charge is -2.26. The van der Waals surface area contributed by atoms with E-state index in [-0.39, 0.29) is 61.4 Å². The summed E-state index contributed by atoms with van der Waals surface area (Å²) in [5.41, 5.74) is 11.6. The van der Waals surface area contributed by atoms with Crippen molar-refractivity contribution in [2.24, 2.45) is 5.73 Å². The van der Waals surface area contributed by atoms with Gasteiger partial charge in [0.25, 0.3) is 11.5 Å². The molecule has 30 heteroatoms. The van der Waals surface area contributed by atoms with Gasteiger partial charge >= 0.3 is 23.9 Å². The van der Waals surface area contributed by atoms with Gasteiger partial charge in [0.15, 0.2) is 17.1 Å². The van der Waals surface area contributed by atoms with Crippen LogP contribution in [0.2, 0.25) is 0 Å². The van der Waals surface area contributed by atoms with Gasteiger partial charge in [0.1, 0.15) is 30.2 Å². The molecule has 0 radical (unpaired) electrons. The SMILES string of the molecule is C[C@H](CCC(=O)N[C@@H](CC(=O)O)C(=O)N[C@@H](CCCNC(=N)N)C(=O)N[C@@H](CC(=O)O)C(=O)N[C@@H](CC(=O)O)C(=O)N[C@@H](C)C(=O)O)NC(=O)c1ccc(NCc2cnc3nc(N)[nH]c(=O)c3n2)cc1. The summed E-state index contributed by atoms with van der Waals surface area (Å²) in [4.78, 5) is 152.